The Kier molecular flexibility index (Phi) is 15.3. The van der Waals surface area contributed by atoms with Gasteiger partial charge in [-0.25, -0.2) is 9.59 Å². The van der Waals surface area contributed by atoms with Crippen molar-refractivity contribution in [3.8, 4) is 0 Å². The van der Waals surface area contributed by atoms with E-state index in [0.717, 1.165) is 19.4 Å². The number of nitrogens with one attached hydrogen (secondary N) is 2. The van der Waals surface area contributed by atoms with Crippen molar-refractivity contribution in [3.05, 3.63) is 48.7 Å². The molecule has 0 amide bonds. The first-order chi connectivity index (χ1) is 15.9. The van der Waals surface area contributed by atoms with E-state index >= 15 is 0 Å². The lowest BCUT2D eigenvalue weighted by atomic mass is 9.82. The van der Waals surface area contributed by atoms with Crippen molar-refractivity contribution < 1.29 is 28.5 Å². The van der Waals surface area contributed by atoms with Crippen molar-refractivity contribution >= 4 is 11.9 Å². The lowest BCUT2D eigenvalue weighted by Gasteiger charge is -2.29. The minimum absolute atomic E-state index is 0.0330. The summed E-state index contributed by atoms with van der Waals surface area (Å²) in [5, 5.41) is 6.49. The van der Waals surface area contributed by atoms with Crippen LogP contribution in [0.5, 0.6) is 0 Å². The summed E-state index contributed by atoms with van der Waals surface area (Å²) in [6.45, 7) is 25.0. The second kappa shape index (κ2) is 16.7. The van der Waals surface area contributed by atoms with E-state index in [-0.39, 0.29) is 31.8 Å². The largest absolute Gasteiger partial charge is 0.476 e. The molecule has 0 aromatic heterocycles. The van der Waals surface area contributed by atoms with Crippen molar-refractivity contribution in [2.45, 2.75) is 54.4 Å². The predicted molar refractivity (Wildman–Crippen MR) is 135 cm³/mol. The highest BCUT2D eigenvalue weighted by Crippen LogP contribution is 2.26. The maximum absolute atomic E-state index is 11.4. The third kappa shape index (κ3) is 15.8. The molecule has 0 saturated carbocycles. The smallest absolute Gasteiger partial charge is 0.333 e. The molecule has 1 unspecified atom stereocenters. The minimum Gasteiger partial charge on any atom is -0.476 e. The van der Waals surface area contributed by atoms with Crippen LogP contribution in [-0.2, 0) is 28.5 Å². The fraction of sp³-hybridized carbons (Fsp3) is 0.615. The van der Waals surface area contributed by atoms with Gasteiger partial charge in [-0.15, -0.1) is 0 Å². The molecule has 194 valence electrons. The number of allylic oxidation sites excluding steroid dienone is 1. The van der Waals surface area contributed by atoms with E-state index in [4.69, 9.17) is 18.9 Å². The molecule has 0 aliphatic carbocycles. The van der Waals surface area contributed by atoms with E-state index in [1.54, 1.807) is 13.8 Å². The Morgan fingerprint density at radius 2 is 1.38 bits per heavy atom. The van der Waals surface area contributed by atoms with Gasteiger partial charge < -0.3 is 29.6 Å². The number of ether oxygens (including phenoxy) is 4. The Morgan fingerprint density at radius 1 is 0.882 bits per heavy atom. The molecule has 0 aliphatic heterocycles. The number of hydrogen-bond donors (Lipinski definition) is 2. The molecule has 0 rings (SSSR count). The van der Waals surface area contributed by atoms with Crippen LogP contribution in [0.25, 0.3) is 0 Å². The van der Waals surface area contributed by atoms with E-state index in [1.807, 2.05) is 13.0 Å². The molecule has 8 nitrogen and oxygen atoms in total. The molecule has 0 spiro atoms. The molecule has 0 bridgehead atoms. The third-order valence-electron chi connectivity index (χ3n) is 4.73. The van der Waals surface area contributed by atoms with Gasteiger partial charge in [0.15, 0.2) is 11.8 Å². The van der Waals surface area contributed by atoms with Crippen LogP contribution in [0.4, 0.5) is 0 Å². The van der Waals surface area contributed by atoms with E-state index in [1.165, 1.54) is 0 Å². The lowest BCUT2D eigenvalue weighted by molar-refractivity contribution is -0.140. The molecule has 0 heterocycles. The second-order valence-electron chi connectivity index (χ2n) is 9.15. The minimum atomic E-state index is -0.427. The average Bonchev–Trinajstić information content (AvgIpc) is 2.75. The van der Waals surface area contributed by atoms with Crippen LogP contribution in [0.3, 0.4) is 0 Å². The van der Waals surface area contributed by atoms with Crippen LogP contribution in [0.2, 0.25) is 0 Å². The number of hydrogen-bond acceptors (Lipinski definition) is 8. The Labute approximate surface area is 205 Å². The summed E-state index contributed by atoms with van der Waals surface area (Å²) in [4.78, 5) is 22.7. The van der Waals surface area contributed by atoms with Crippen molar-refractivity contribution in [1.29, 1.82) is 0 Å². The van der Waals surface area contributed by atoms with E-state index in [9.17, 15) is 9.59 Å². The fourth-order valence-corrected chi connectivity index (χ4v) is 3.02. The zero-order chi connectivity index (χ0) is 26.1. The Morgan fingerprint density at radius 3 is 1.88 bits per heavy atom. The predicted octanol–water partition coefficient (Wildman–Crippen LogP) is 4.21. The first-order valence-corrected chi connectivity index (χ1v) is 11.6. The van der Waals surface area contributed by atoms with Gasteiger partial charge in [-0.2, -0.15) is 0 Å². The van der Waals surface area contributed by atoms with E-state index < -0.39 is 11.9 Å². The van der Waals surface area contributed by atoms with Crippen molar-refractivity contribution in [2.75, 3.05) is 39.5 Å². The molecule has 8 heteroatoms. The van der Waals surface area contributed by atoms with Crippen LogP contribution in [0, 0.1) is 11.3 Å². The summed E-state index contributed by atoms with van der Waals surface area (Å²) >= 11 is 0. The number of esters is 2. The second-order valence-corrected chi connectivity index (χ2v) is 9.15. The molecule has 0 aliphatic rings. The van der Waals surface area contributed by atoms with Gasteiger partial charge in [-0.3, -0.25) is 0 Å². The number of carbonyl (C=O) groups excluding carboxylic acids is 2. The van der Waals surface area contributed by atoms with Gasteiger partial charge in [-0.05, 0) is 57.6 Å². The van der Waals surface area contributed by atoms with Gasteiger partial charge in [0.1, 0.15) is 26.4 Å². The Hall–Kier alpha value is -2.90. The van der Waals surface area contributed by atoms with Crippen molar-refractivity contribution in [3.63, 3.8) is 0 Å². The van der Waals surface area contributed by atoms with Gasteiger partial charge in [0.2, 0.25) is 0 Å². The fourth-order valence-electron chi connectivity index (χ4n) is 3.02. The highest BCUT2D eigenvalue weighted by Gasteiger charge is 2.21. The molecule has 0 aromatic rings. The van der Waals surface area contributed by atoms with Gasteiger partial charge in [-0.1, -0.05) is 33.9 Å². The first-order valence-electron chi connectivity index (χ1n) is 11.6. The van der Waals surface area contributed by atoms with Crippen molar-refractivity contribution in [1.82, 2.24) is 10.6 Å². The first kappa shape index (κ1) is 31.1. The molecule has 34 heavy (non-hydrogen) atoms. The van der Waals surface area contributed by atoms with Crippen LogP contribution < -0.4 is 10.6 Å². The highest BCUT2D eigenvalue weighted by molar-refractivity contribution is 5.87. The molecular formula is C26H44N2O6. The zero-order valence-corrected chi connectivity index (χ0v) is 21.9. The number of rotatable bonds is 19. The van der Waals surface area contributed by atoms with Crippen molar-refractivity contribution in [2.24, 2.45) is 11.3 Å². The maximum Gasteiger partial charge on any atom is 0.333 e. The summed E-state index contributed by atoms with van der Waals surface area (Å²) in [5.41, 5.74) is 0.764. The topological polar surface area (TPSA) is 95.1 Å². The Balaban J connectivity index is 4.09. The molecule has 0 aromatic carbocycles. The molecule has 0 fully saturated rings. The molecule has 0 radical (unpaired) electrons. The molecular weight excluding hydrogens is 436 g/mol. The molecule has 0 saturated heterocycles. The van der Waals surface area contributed by atoms with Gasteiger partial charge in [0, 0.05) is 24.2 Å². The van der Waals surface area contributed by atoms with Gasteiger partial charge in [0.05, 0.1) is 0 Å². The summed E-state index contributed by atoms with van der Waals surface area (Å²) in [6, 6.07) is 0. The highest BCUT2D eigenvalue weighted by atomic mass is 16.6. The van der Waals surface area contributed by atoms with Gasteiger partial charge in [0.25, 0.3) is 0 Å². The van der Waals surface area contributed by atoms with Crippen LogP contribution >= 0.6 is 0 Å². The quantitative estimate of drug-likeness (QED) is 0.123. The third-order valence-corrected chi connectivity index (χ3v) is 4.73. The van der Waals surface area contributed by atoms with Gasteiger partial charge >= 0.3 is 11.9 Å². The summed E-state index contributed by atoms with van der Waals surface area (Å²) in [7, 11) is 0. The number of carbonyl (C=O) groups is 2. The van der Waals surface area contributed by atoms with E-state index in [2.05, 4.69) is 51.1 Å². The SMILES string of the molecule is C=C(NCC(C)(C)CC(C)CCNC(=CC)OCCOC(=O)C(=C)C)OCCOC(=O)C(=C)C. The molecule has 2 N–H and O–H groups in total. The summed E-state index contributed by atoms with van der Waals surface area (Å²) < 4.78 is 21.1. The summed E-state index contributed by atoms with van der Waals surface area (Å²) in [5.74, 6) is 0.766. The van der Waals surface area contributed by atoms with E-state index in [0.29, 0.717) is 35.4 Å². The van der Waals surface area contributed by atoms with Crippen LogP contribution in [-0.4, -0.2) is 51.5 Å². The maximum atomic E-state index is 11.4. The Bertz CT molecular complexity index is 727. The lowest BCUT2D eigenvalue weighted by Crippen LogP contribution is -2.32. The zero-order valence-electron chi connectivity index (χ0n) is 21.9. The van der Waals surface area contributed by atoms with Crippen LogP contribution in [0.15, 0.2) is 48.7 Å². The normalized spacial score (nSPS) is 12.2. The van der Waals surface area contributed by atoms with Crippen LogP contribution in [0.1, 0.15) is 54.4 Å². The average molecular weight is 481 g/mol. The molecule has 1 atom stereocenters. The standard InChI is InChI=1S/C26H44N2O6/c1-10-23(32-14-16-34-25(30)20(4)5)27-12-11-21(6)17-26(8,9)18-28-22(7)31-13-15-33-24(29)19(2)3/h10,21,27-28H,2,4,7,11-18H2,1,3,5-6,8-9H3. The monoisotopic (exact) mass is 480 g/mol. The summed E-state index contributed by atoms with van der Waals surface area (Å²) in [6.07, 6.45) is 3.83.